The molecule has 0 saturated carbocycles. The molecule has 0 fully saturated rings. The number of rotatable bonds is 17. The van der Waals surface area contributed by atoms with Crippen molar-refractivity contribution in [3.8, 4) is 0 Å². The van der Waals surface area contributed by atoms with E-state index in [2.05, 4.69) is 152 Å². The first-order valence-corrected chi connectivity index (χ1v) is 24.1. The maximum atomic E-state index is 11.9. The van der Waals surface area contributed by atoms with Crippen molar-refractivity contribution in [3.63, 3.8) is 0 Å². The van der Waals surface area contributed by atoms with Gasteiger partial charge in [-0.25, -0.2) is 4.79 Å². The lowest BCUT2D eigenvalue weighted by Gasteiger charge is -2.39. The molecule has 0 unspecified atom stereocenters. The van der Waals surface area contributed by atoms with Crippen molar-refractivity contribution in [1.82, 2.24) is 0 Å². The Morgan fingerprint density at radius 1 is 0.471 bits per heavy atom. The van der Waals surface area contributed by atoms with Crippen LogP contribution < -0.4 is 31.1 Å². The fourth-order valence-electron chi connectivity index (χ4n) is 6.18. The van der Waals surface area contributed by atoms with Crippen LogP contribution >= 0.6 is 0 Å². The average molecular weight is 739 g/mol. The van der Waals surface area contributed by atoms with Crippen molar-refractivity contribution >= 4 is 73.0 Å². The standard InChI is InChI=1S/C42H42O5Si4/c1-35(42(43)44)21-20-34-51(45-48(36-22-8-2-9-23-36)37-24-10-3-11-25-37,46-49(38-26-12-4-13-27-38)39-28-14-5-15-29-39)47-50(40-30-16-6-17-31-40)41-32-18-7-19-33-41/h2-19,22-33,48-50H,1,20-21,34H2,(H,43,44). The number of carboxylic acids is 1. The van der Waals surface area contributed by atoms with Gasteiger partial charge in [-0.05, 0) is 44.0 Å². The van der Waals surface area contributed by atoms with Crippen LogP contribution in [0.2, 0.25) is 6.04 Å². The van der Waals surface area contributed by atoms with Gasteiger partial charge in [-0.1, -0.05) is 189 Å². The molecule has 51 heavy (non-hydrogen) atoms. The minimum absolute atomic E-state index is 0.164. The van der Waals surface area contributed by atoms with Crippen LogP contribution in [0.5, 0.6) is 0 Å². The van der Waals surface area contributed by atoms with E-state index in [9.17, 15) is 9.90 Å². The topological polar surface area (TPSA) is 65.0 Å². The van der Waals surface area contributed by atoms with E-state index in [4.69, 9.17) is 12.3 Å². The Morgan fingerprint density at radius 2 is 0.706 bits per heavy atom. The van der Waals surface area contributed by atoms with Gasteiger partial charge in [-0.3, -0.25) is 0 Å². The van der Waals surface area contributed by atoms with Gasteiger partial charge in [0.25, 0.3) is 0 Å². The van der Waals surface area contributed by atoms with Crippen LogP contribution in [-0.4, -0.2) is 47.0 Å². The smallest absolute Gasteiger partial charge is 0.470 e. The molecular weight excluding hydrogens is 697 g/mol. The van der Waals surface area contributed by atoms with Crippen molar-refractivity contribution in [2.45, 2.75) is 18.9 Å². The van der Waals surface area contributed by atoms with Crippen LogP contribution in [0.1, 0.15) is 12.8 Å². The molecule has 0 aromatic heterocycles. The molecule has 0 aliphatic carbocycles. The van der Waals surface area contributed by atoms with E-state index in [1.807, 2.05) is 36.4 Å². The predicted molar refractivity (Wildman–Crippen MR) is 218 cm³/mol. The lowest BCUT2D eigenvalue weighted by Crippen LogP contribution is -2.66. The van der Waals surface area contributed by atoms with E-state index in [1.165, 1.54) is 0 Å². The number of carbonyl (C=O) groups is 1. The molecule has 0 heterocycles. The molecule has 256 valence electrons. The Hall–Kier alpha value is -4.72. The SMILES string of the molecule is C=C(CCC[Si](O[SiH](c1ccccc1)c1ccccc1)(O[SiH](c1ccccc1)c1ccccc1)O[SiH](c1ccccc1)c1ccccc1)C(=O)O. The Morgan fingerprint density at radius 3 is 0.922 bits per heavy atom. The van der Waals surface area contributed by atoms with Crippen molar-refractivity contribution in [2.75, 3.05) is 0 Å². The number of hydrogen-bond acceptors (Lipinski definition) is 4. The summed E-state index contributed by atoms with van der Waals surface area (Å²) in [6.07, 6.45) is 0.798. The Bertz CT molecular complexity index is 1630. The minimum Gasteiger partial charge on any atom is -0.478 e. The molecule has 5 nitrogen and oxygen atoms in total. The maximum absolute atomic E-state index is 11.9. The van der Waals surface area contributed by atoms with Gasteiger partial charge < -0.3 is 17.5 Å². The highest BCUT2D eigenvalue weighted by atomic mass is 28.5. The average Bonchev–Trinajstić information content (AvgIpc) is 3.20. The molecule has 0 amide bonds. The van der Waals surface area contributed by atoms with Crippen molar-refractivity contribution in [1.29, 1.82) is 0 Å². The molecule has 0 aliphatic rings. The van der Waals surface area contributed by atoms with E-state index in [-0.39, 0.29) is 5.57 Å². The van der Waals surface area contributed by atoms with Crippen LogP contribution in [0.25, 0.3) is 0 Å². The van der Waals surface area contributed by atoms with Gasteiger partial charge in [0.1, 0.15) is 0 Å². The highest BCUT2D eigenvalue weighted by molar-refractivity contribution is 6.95. The van der Waals surface area contributed by atoms with Crippen LogP contribution in [0.3, 0.4) is 0 Å². The van der Waals surface area contributed by atoms with Crippen LogP contribution in [0, 0.1) is 0 Å². The Balaban J connectivity index is 1.56. The van der Waals surface area contributed by atoms with E-state index >= 15 is 0 Å². The third kappa shape index (κ3) is 9.75. The van der Waals surface area contributed by atoms with E-state index in [0.29, 0.717) is 18.9 Å². The zero-order valence-electron chi connectivity index (χ0n) is 28.5. The zero-order chi connectivity index (χ0) is 35.3. The third-order valence-electron chi connectivity index (χ3n) is 8.77. The minimum atomic E-state index is -3.73. The summed E-state index contributed by atoms with van der Waals surface area (Å²) >= 11 is 0. The van der Waals surface area contributed by atoms with Crippen LogP contribution in [0.4, 0.5) is 0 Å². The molecule has 9 heteroatoms. The highest BCUT2D eigenvalue weighted by Crippen LogP contribution is 2.25. The summed E-state index contributed by atoms with van der Waals surface area (Å²) in [4.78, 5) is 11.9. The summed E-state index contributed by atoms with van der Waals surface area (Å²) in [5.41, 5.74) is 0.164. The molecule has 0 atom stereocenters. The number of aliphatic carboxylic acids is 1. The van der Waals surface area contributed by atoms with E-state index in [0.717, 1.165) is 31.1 Å². The Kier molecular flexibility index (Phi) is 12.7. The van der Waals surface area contributed by atoms with Gasteiger partial charge in [-0.2, -0.15) is 0 Å². The summed E-state index contributed by atoms with van der Waals surface area (Å²) in [5.74, 6) is -0.993. The first-order chi connectivity index (χ1) is 25.0. The zero-order valence-corrected chi connectivity index (χ0v) is 32.9. The number of carboxylic acid groups (broad SMARTS) is 1. The van der Waals surface area contributed by atoms with Crippen molar-refractivity contribution < 1.29 is 22.2 Å². The number of hydrogen-bond donors (Lipinski definition) is 1. The van der Waals surface area contributed by atoms with E-state index < -0.39 is 41.9 Å². The largest absolute Gasteiger partial charge is 0.478 e. The van der Waals surface area contributed by atoms with Gasteiger partial charge in [0, 0.05) is 11.6 Å². The summed E-state index contributed by atoms with van der Waals surface area (Å²) in [5, 5.41) is 16.5. The highest BCUT2D eigenvalue weighted by Gasteiger charge is 2.48. The van der Waals surface area contributed by atoms with Gasteiger partial charge in [0.15, 0.2) is 0 Å². The predicted octanol–water partition coefficient (Wildman–Crippen LogP) is 4.01. The molecule has 0 saturated heterocycles. The molecule has 1 N–H and O–H groups in total. The second kappa shape index (κ2) is 18.0. The summed E-state index contributed by atoms with van der Waals surface area (Å²) in [6.45, 7) is 3.86. The molecule has 0 bridgehead atoms. The van der Waals surface area contributed by atoms with E-state index in [1.54, 1.807) is 0 Å². The van der Waals surface area contributed by atoms with Gasteiger partial charge in [0.2, 0.25) is 27.1 Å². The molecule has 6 aromatic rings. The summed E-state index contributed by atoms with van der Waals surface area (Å²) < 4.78 is 23.2. The fourth-order valence-corrected chi connectivity index (χ4v) is 22.5. The first-order valence-electron chi connectivity index (χ1n) is 17.3. The third-order valence-corrected chi connectivity index (χ3v) is 22.8. The quantitative estimate of drug-likeness (QED) is 0.113. The summed E-state index contributed by atoms with van der Waals surface area (Å²) in [6, 6.07) is 62.9. The summed E-state index contributed by atoms with van der Waals surface area (Å²) in [7, 11) is -11.0. The van der Waals surface area contributed by atoms with Crippen molar-refractivity contribution in [2.24, 2.45) is 0 Å². The lowest BCUT2D eigenvalue weighted by atomic mass is 10.2. The lowest BCUT2D eigenvalue weighted by molar-refractivity contribution is -0.132. The van der Waals surface area contributed by atoms with Crippen LogP contribution in [-0.2, 0) is 17.1 Å². The number of benzene rings is 6. The normalized spacial score (nSPS) is 11.6. The molecule has 6 aromatic carbocycles. The van der Waals surface area contributed by atoms with Crippen molar-refractivity contribution in [3.05, 3.63) is 194 Å². The Labute approximate surface area is 307 Å². The molecule has 0 aliphatic heterocycles. The first kappa shape index (κ1) is 36.1. The van der Waals surface area contributed by atoms with Gasteiger partial charge in [0.05, 0.1) is 0 Å². The second-order valence-electron chi connectivity index (χ2n) is 12.4. The molecular formula is C42H42O5Si4. The molecule has 0 spiro atoms. The molecule has 0 radical (unpaired) electrons. The van der Waals surface area contributed by atoms with Gasteiger partial charge in [-0.15, -0.1) is 0 Å². The van der Waals surface area contributed by atoms with Crippen LogP contribution in [0.15, 0.2) is 194 Å². The molecule has 6 rings (SSSR count). The van der Waals surface area contributed by atoms with Gasteiger partial charge >= 0.3 is 14.8 Å². The monoisotopic (exact) mass is 738 g/mol. The maximum Gasteiger partial charge on any atom is 0.470 e. The second-order valence-corrected chi connectivity index (χ2v) is 23.4. The fraction of sp³-hybridized carbons (Fsp3) is 0.0714.